The van der Waals surface area contributed by atoms with E-state index in [0.29, 0.717) is 25.9 Å². The Labute approximate surface area is 154 Å². The van der Waals surface area contributed by atoms with Gasteiger partial charge < -0.3 is 5.32 Å². The van der Waals surface area contributed by atoms with Crippen molar-refractivity contribution in [2.45, 2.75) is 18.9 Å². The Bertz CT molecular complexity index is 793. The van der Waals surface area contributed by atoms with Gasteiger partial charge in [0.2, 0.25) is 15.9 Å². The lowest BCUT2D eigenvalue weighted by molar-refractivity contribution is -0.126. The lowest BCUT2D eigenvalue weighted by atomic mass is 9.95. The molecule has 1 saturated heterocycles. The first-order chi connectivity index (χ1) is 12.4. The number of sulfonamides is 1. The van der Waals surface area contributed by atoms with Gasteiger partial charge in [-0.3, -0.25) is 9.78 Å². The number of carbonyl (C=O) groups excluding carboxylic acids is 1. The van der Waals surface area contributed by atoms with Crippen LogP contribution in [0.4, 0.5) is 0 Å². The molecule has 2 heterocycles. The highest BCUT2D eigenvalue weighted by Gasteiger charge is 2.30. The van der Waals surface area contributed by atoms with Crippen molar-refractivity contribution >= 4 is 15.9 Å². The number of nitrogens with one attached hydrogen (secondary N) is 1. The summed E-state index contributed by atoms with van der Waals surface area (Å²) in [6.07, 6.45) is 3.98. The van der Waals surface area contributed by atoms with E-state index < -0.39 is 10.0 Å². The van der Waals surface area contributed by atoms with Gasteiger partial charge in [0.15, 0.2) is 0 Å². The molecule has 0 spiro atoms. The topological polar surface area (TPSA) is 79.4 Å². The predicted molar refractivity (Wildman–Crippen MR) is 99.8 cm³/mol. The third kappa shape index (κ3) is 4.47. The van der Waals surface area contributed by atoms with Gasteiger partial charge in [0.05, 0.1) is 18.0 Å². The fourth-order valence-corrected chi connectivity index (χ4v) is 4.10. The van der Waals surface area contributed by atoms with Crippen LogP contribution in [0.1, 0.15) is 30.1 Å². The zero-order valence-electron chi connectivity index (χ0n) is 14.7. The maximum absolute atomic E-state index is 12.8. The third-order valence-corrected chi connectivity index (χ3v) is 6.00. The smallest absolute Gasteiger partial charge is 0.224 e. The van der Waals surface area contributed by atoms with Gasteiger partial charge in [-0.2, -0.15) is 0 Å². The van der Waals surface area contributed by atoms with Gasteiger partial charge in [-0.1, -0.05) is 36.4 Å². The van der Waals surface area contributed by atoms with Crippen LogP contribution in [-0.4, -0.2) is 43.0 Å². The Hall–Kier alpha value is -2.25. The summed E-state index contributed by atoms with van der Waals surface area (Å²) in [6.45, 7) is 0.771. The molecular weight excluding hydrogens is 350 g/mol. The number of carbonyl (C=O) groups is 1. The van der Waals surface area contributed by atoms with Crippen molar-refractivity contribution in [3.8, 4) is 0 Å². The first-order valence-electron chi connectivity index (χ1n) is 8.66. The number of hydrogen-bond acceptors (Lipinski definition) is 4. The SMILES string of the molecule is CS(=O)(=O)N1CCC(C(=O)NC(c2ccccc2)c2ccccn2)CC1. The van der Waals surface area contributed by atoms with E-state index in [1.54, 1.807) is 6.20 Å². The molecule has 1 aliphatic rings. The van der Waals surface area contributed by atoms with E-state index >= 15 is 0 Å². The number of piperidine rings is 1. The molecular formula is C19H23N3O3S. The van der Waals surface area contributed by atoms with Gasteiger partial charge in [0, 0.05) is 25.2 Å². The number of rotatable bonds is 5. The van der Waals surface area contributed by atoms with Gasteiger partial charge in [-0.15, -0.1) is 0 Å². The van der Waals surface area contributed by atoms with Gasteiger partial charge in [-0.25, -0.2) is 12.7 Å². The van der Waals surface area contributed by atoms with Gasteiger partial charge in [0.25, 0.3) is 0 Å². The highest BCUT2D eigenvalue weighted by molar-refractivity contribution is 7.88. The molecule has 0 saturated carbocycles. The van der Waals surface area contributed by atoms with Crippen molar-refractivity contribution in [1.29, 1.82) is 0 Å². The number of benzene rings is 1. The van der Waals surface area contributed by atoms with Gasteiger partial charge in [-0.05, 0) is 30.5 Å². The Morgan fingerprint density at radius 1 is 1.12 bits per heavy atom. The Morgan fingerprint density at radius 3 is 2.35 bits per heavy atom. The molecule has 26 heavy (non-hydrogen) atoms. The third-order valence-electron chi connectivity index (χ3n) is 4.70. The van der Waals surface area contributed by atoms with Crippen molar-refractivity contribution in [2.75, 3.05) is 19.3 Å². The second-order valence-electron chi connectivity index (χ2n) is 6.54. The Kier molecular flexibility index (Phi) is 5.68. The molecule has 7 heteroatoms. The predicted octanol–water partition coefficient (Wildman–Crippen LogP) is 1.96. The molecule has 138 valence electrons. The average Bonchev–Trinajstić information content (AvgIpc) is 2.67. The number of aromatic nitrogens is 1. The van der Waals surface area contributed by atoms with Crippen LogP contribution >= 0.6 is 0 Å². The fraction of sp³-hybridized carbons (Fsp3) is 0.368. The number of amides is 1. The van der Waals surface area contributed by atoms with Gasteiger partial charge in [0.1, 0.15) is 0 Å². The van der Waals surface area contributed by atoms with E-state index in [0.717, 1.165) is 11.3 Å². The molecule has 0 bridgehead atoms. The van der Waals surface area contributed by atoms with Crippen molar-refractivity contribution in [2.24, 2.45) is 5.92 Å². The molecule has 1 unspecified atom stereocenters. The van der Waals surface area contributed by atoms with Crippen molar-refractivity contribution < 1.29 is 13.2 Å². The summed E-state index contributed by atoms with van der Waals surface area (Å²) < 4.78 is 24.7. The molecule has 0 radical (unpaired) electrons. The highest BCUT2D eigenvalue weighted by Crippen LogP contribution is 2.24. The van der Waals surface area contributed by atoms with E-state index in [-0.39, 0.29) is 17.9 Å². The standard InChI is InChI=1S/C19H23N3O3S/c1-26(24,25)22-13-10-16(11-14-22)19(23)21-18(15-7-3-2-4-8-15)17-9-5-6-12-20-17/h2-9,12,16,18H,10-11,13-14H2,1H3,(H,21,23). The minimum Gasteiger partial charge on any atom is -0.343 e. The lowest BCUT2D eigenvalue weighted by Crippen LogP contribution is -2.43. The molecule has 1 fully saturated rings. The average molecular weight is 373 g/mol. The molecule has 1 aliphatic heterocycles. The van der Waals surface area contributed by atoms with Crippen LogP contribution in [0.3, 0.4) is 0 Å². The minimum atomic E-state index is -3.19. The number of nitrogens with zero attached hydrogens (tertiary/aromatic N) is 2. The molecule has 3 rings (SSSR count). The van der Waals surface area contributed by atoms with Crippen molar-refractivity contribution in [3.05, 3.63) is 66.0 Å². The lowest BCUT2D eigenvalue weighted by Gasteiger charge is -2.30. The quantitative estimate of drug-likeness (QED) is 0.869. The summed E-state index contributed by atoms with van der Waals surface area (Å²) in [5, 5.41) is 3.10. The molecule has 1 N–H and O–H groups in total. The molecule has 1 aromatic heterocycles. The second-order valence-corrected chi connectivity index (χ2v) is 8.53. The molecule has 2 aromatic rings. The van der Waals surface area contributed by atoms with E-state index in [2.05, 4.69) is 10.3 Å². The maximum Gasteiger partial charge on any atom is 0.224 e. The van der Waals surface area contributed by atoms with Crippen LogP contribution in [0, 0.1) is 5.92 Å². The first-order valence-corrected chi connectivity index (χ1v) is 10.5. The second kappa shape index (κ2) is 7.97. The summed E-state index contributed by atoms with van der Waals surface area (Å²) >= 11 is 0. The summed E-state index contributed by atoms with van der Waals surface area (Å²) in [6, 6.07) is 15.0. The summed E-state index contributed by atoms with van der Waals surface area (Å²) in [5.41, 5.74) is 1.74. The van der Waals surface area contributed by atoms with Crippen LogP contribution in [-0.2, 0) is 14.8 Å². The zero-order valence-corrected chi connectivity index (χ0v) is 15.5. The summed E-state index contributed by atoms with van der Waals surface area (Å²) in [5.74, 6) is -0.249. The van der Waals surface area contributed by atoms with Gasteiger partial charge >= 0.3 is 0 Å². The van der Waals surface area contributed by atoms with Crippen molar-refractivity contribution in [3.63, 3.8) is 0 Å². The molecule has 1 atom stereocenters. The Morgan fingerprint density at radius 2 is 1.77 bits per heavy atom. The Balaban J connectivity index is 1.73. The fourth-order valence-electron chi connectivity index (χ4n) is 3.23. The number of hydrogen-bond donors (Lipinski definition) is 1. The molecule has 1 aromatic carbocycles. The highest BCUT2D eigenvalue weighted by atomic mass is 32.2. The summed E-state index contributed by atoms with van der Waals surface area (Å²) in [4.78, 5) is 17.2. The largest absolute Gasteiger partial charge is 0.343 e. The van der Waals surface area contributed by atoms with E-state index in [4.69, 9.17) is 0 Å². The van der Waals surface area contributed by atoms with Crippen LogP contribution < -0.4 is 5.32 Å². The van der Waals surface area contributed by atoms with Crippen molar-refractivity contribution in [1.82, 2.24) is 14.6 Å². The van der Waals surface area contributed by atoms with E-state index in [1.165, 1.54) is 10.6 Å². The van der Waals surface area contributed by atoms with Crippen LogP contribution in [0.25, 0.3) is 0 Å². The first kappa shape index (κ1) is 18.5. The van der Waals surface area contributed by atoms with Crippen LogP contribution in [0.5, 0.6) is 0 Å². The number of pyridine rings is 1. The van der Waals surface area contributed by atoms with E-state index in [9.17, 15) is 13.2 Å². The molecule has 6 nitrogen and oxygen atoms in total. The van der Waals surface area contributed by atoms with Crippen LogP contribution in [0.2, 0.25) is 0 Å². The zero-order chi connectivity index (χ0) is 18.6. The molecule has 0 aliphatic carbocycles. The minimum absolute atomic E-state index is 0.0577. The summed E-state index contributed by atoms with van der Waals surface area (Å²) in [7, 11) is -3.19. The monoisotopic (exact) mass is 373 g/mol. The van der Waals surface area contributed by atoms with E-state index in [1.807, 2.05) is 48.5 Å². The molecule has 1 amide bonds. The maximum atomic E-state index is 12.8. The van der Waals surface area contributed by atoms with Crippen LogP contribution in [0.15, 0.2) is 54.7 Å². The normalized spacial score (nSPS) is 17.6.